The number of rotatable bonds is 7. The van der Waals surface area contributed by atoms with Crippen molar-refractivity contribution in [2.75, 3.05) is 21.2 Å². The summed E-state index contributed by atoms with van der Waals surface area (Å²) in [6, 6.07) is 4.10. The zero-order valence-electron chi connectivity index (χ0n) is 16.0. The van der Waals surface area contributed by atoms with E-state index >= 15 is 0 Å². The third-order valence-electron chi connectivity index (χ3n) is 4.51. The van der Waals surface area contributed by atoms with Gasteiger partial charge in [-0.25, -0.2) is 17.5 Å². The Hall–Kier alpha value is -2.13. The van der Waals surface area contributed by atoms with E-state index in [1.807, 2.05) is 0 Å². The van der Waals surface area contributed by atoms with Gasteiger partial charge >= 0.3 is 5.97 Å². The van der Waals surface area contributed by atoms with Crippen molar-refractivity contribution in [3.63, 3.8) is 0 Å². The van der Waals surface area contributed by atoms with Crippen molar-refractivity contribution in [1.29, 1.82) is 0 Å². The molecule has 1 amide bonds. The lowest BCUT2D eigenvalue weighted by molar-refractivity contribution is -0.129. The molecule has 0 aliphatic heterocycles. The summed E-state index contributed by atoms with van der Waals surface area (Å²) in [5.41, 5.74) is 0.0248. The smallest absolute Gasteiger partial charge is 0.338 e. The Morgan fingerprint density at radius 3 is 2.41 bits per heavy atom. The Kier molecular flexibility index (Phi) is 6.83. The molecule has 9 heteroatoms. The molecule has 0 heterocycles. The van der Waals surface area contributed by atoms with Gasteiger partial charge in [0.05, 0.1) is 12.7 Å². The fourth-order valence-electron chi connectivity index (χ4n) is 2.87. The van der Waals surface area contributed by atoms with Gasteiger partial charge in [-0.3, -0.25) is 4.79 Å². The molecular formula is C18H26N2O6S. The van der Waals surface area contributed by atoms with E-state index in [4.69, 9.17) is 9.47 Å². The van der Waals surface area contributed by atoms with Crippen LogP contribution in [0.15, 0.2) is 23.1 Å². The predicted molar refractivity (Wildman–Crippen MR) is 99.1 cm³/mol. The van der Waals surface area contributed by atoms with Gasteiger partial charge in [0.15, 0.2) is 6.10 Å². The van der Waals surface area contributed by atoms with Gasteiger partial charge in [0.2, 0.25) is 10.0 Å². The summed E-state index contributed by atoms with van der Waals surface area (Å²) >= 11 is 0. The van der Waals surface area contributed by atoms with Gasteiger partial charge in [0.1, 0.15) is 10.6 Å². The average molecular weight is 398 g/mol. The summed E-state index contributed by atoms with van der Waals surface area (Å²) in [5.74, 6) is -1.01. The van der Waals surface area contributed by atoms with E-state index < -0.39 is 22.1 Å². The first-order valence-corrected chi connectivity index (χ1v) is 10.2. The highest BCUT2D eigenvalue weighted by Crippen LogP contribution is 2.27. The maximum absolute atomic E-state index is 12.4. The highest BCUT2D eigenvalue weighted by molar-refractivity contribution is 7.89. The van der Waals surface area contributed by atoms with Crippen LogP contribution in [0.5, 0.6) is 5.75 Å². The number of hydrogen-bond acceptors (Lipinski definition) is 6. The molecule has 1 atom stereocenters. The maximum atomic E-state index is 12.4. The van der Waals surface area contributed by atoms with Crippen LogP contribution in [-0.4, -0.2) is 58.0 Å². The second-order valence-electron chi connectivity index (χ2n) is 6.69. The SMILES string of the molecule is COc1ccc(C(=O)O[C@@H](C)C(=O)NC2CCCC2)cc1S(=O)(=O)N(C)C. The lowest BCUT2D eigenvalue weighted by atomic mass is 10.2. The van der Waals surface area contributed by atoms with Crippen LogP contribution >= 0.6 is 0 Å². The number of sulfonamides is 1. The first kappa shape index (κ1) is 21.2. The molecule has 1 aromatic carbocycles. The molecule has 0 radical (unpaired) electrons. The Bertz CT molecular complexity index is 800. The van der Waals surface area contributed by atoms with Crippen molar-refractivity contribution >= 4 is 21.9 Å². The number of carbonyl (C=O) groups excluding carboxylic acids is 2. The van der Waals surface area contributed by atoms with Crippen LogP contribution in [-0.2, 0) is 19.6 Å². The number of benzene rings is 1. The van der Waals surface area contributed by atoms with Crippen LogP contribution in [0, 0.1) is 0 Å². The van der Waals surface area contributed by atoms with Crippen molar-refractivity contribution in [2.24, 2.45) is 0 Å². The van der Waals surface area contributed by atoms with E-state index in [1.165, 1.54) is 46.3 Å². The monoisotopic (exact) mass is 398 g/mol. The van der Waals surface area contributed by atoms with E-state index in [2.05, 4.69) is 5.32 Å². The first-order valence-electron chi connectivity index (χ1n) is 8.78. The van der Waals surface area contributed by atoms with Gasteiger partial charge in [-0.05, 0) is 38.0 Å². The minimum absolute atomic E-state index is 0.0248. The van der Waals surface area contributed by atoms with Gasteiger partial charge in [-0.15, -0.1) is 0 Å². The molecular weight excluding hydrogens is 372 g/mol. The summed E-state index contributed by atoms with van der Waals surface area (Å²) in [5, 5.41) is 2.87. The second kappa shape index (κ2) is 8.71. The molecule has 8 nitrogen and oxygen atoms in total. The third kappa shape index (κ3) is 4.98. The third-order valence-corrected chi connectivity index (χ3v) is 6.35. The molecule has 27 heavy (non-hydrogen) atoms. The molecule has 0 spiro atoms. The van der Waals surface area contributed by atoms with Gasteiger partial charge < -0.3 is 14.8 Å². The van der Waals surface area contributed by atoms with E-state index in [1.54, 1.807) is 0 Å². The fraction of sp³-hybridized carbons (Fsp3) is 0.556. The van der Waals surface area contributed by atoms with Crippen LogP contribution < -0.4 is 10.1 Å². The maximum Gasteiger partial charge on any atom is 0.338 e. The van der Waals surface area contributed by atoms with Crippen molar-refractivity contribution < 1.29 is 27.5 Å². The molecule has 0 saturated heterocycles. The zero-order valence-corrected chi connectivity index (χ0v) is 16.8. The van der Waals surface area contributed by atoms with Gasteiger partial charge in [0.25, 0.3) is 5.91 Å². The number of ether oxygens (including phenoxy) is 2. The standard InChI is InChI=1S/C18H26N2O6S/c1-12(17(21)19-14-7-5-6-8-14)26-18(22)13-9-10-15(25-4)16(11-13)27(23,24)20(2)3/h9-12,14H,5-8H2,1-4H3,(H,19,21)/t12-/m0/s1. The van der Waals surface area contributed by atoms with Gasteiger partial charge in [0, 0.05) is 20.1 Å². The molecule has 0 unspecified atom stereocenters. The number of esters is 1. The lowest BCUT2D eigenvalue weighted by Gasteiger charge is -2.18. The molecule has 1 fully saturated rings. The minimum Gasteiger partial charge on any atom is -0.495 e. The first-order chi connectivity index (χ1) is 12.7. The predicted octanol–water partition coefficient (Wildman–Crippen LogP) is 1.55. The van der Waals surface area contributed by atoms with Crippen molar-refractivity contribution in [3.8, 4) is 5.75 Å². The van der Waals surface area contributed by atoms with E-state index in [0.717, 1.165) is 30.0 Å². The molecule has 1 aliphatic rings. The second-order valence-corrected chi connectivity index (χ2v) is 8.81. The van der Waals surface area contributed by atoms with E-state index in [9.17, 15) is 18.0 Å². The Morgan fingerprint density at radius 2 is 1.85 bits per heavy atom. The van der Waals surface area contributed by atoms with Crippen LogP contribution in [0.3, 0.4) is 0 Å². The summed E-state index contributed by atoms with van der Waals surface area (Å²) in [7, 11) is 0.298. The highest BCUT2D eigenvalue weighted by atomic mass is 32.2. The van der Waals surface area contributed by atoms with E-state index in [0.29, 0.717) is 0 Å². The lowest BCUT2D eigenvalue weighted by Crippen LogP contribution is -2.40. The molecule has 2 rings (SSSR count). The van der Waals surface area contributed by atoms with Crippen molar-refractivity contribution in [2.45, 2.75) is 49.6 Å². The number of hydrogen-bond donors (Lipinski definition) is 1. The Morgan fingerprint density at radius 1 is 1.22 bits per heavy atom. The molecule has 1 aliphatic carbocycles. The normalized spacial score (nSPS) is 16.2. The number of methoxy groups -OCH3 is 1. The number of nitrogens with one attached hydrogen (secondary N) is 1. The molecule has 1 aromatic rings. The zero-order chi connectivity index (χ0) is 20.2. The fourth-order valence-corrected chi connectivity index (χ4v) is 3.95. The quantitative estimate of drug-likeness (QED) is 0.699. The van der Waals surface area contributed by atoms with Gasteiger partial charge in [-0.1, -0.05) is 12.8 Å². The minimum atomic E-state index is -3.81. The summed E-state index contributed by atoms with van der Waals surface area (Å²) in [6.07, 6.45) is 3.03. The molecule has 150 valence electrons. The summed E-state index contributed by atoms with van der Waals surface area (Å²) < 4.78 is 36.2. The number of nitrogens with zero attached hydrogens (tertiary/aromatic N) is 1. The van der Waals surface area contributed by atoms with Crippen LogP contribution in [0.1, 0.15) is 43.0 Å². The molecule has 0 bridgehead atoms. The number of amides is 1. The molecule has 1 N–H and O–H groups in total. The highest BCUT2D eigenvalue weighted by Gasteiger charge is 2.26. The molecule has 1 saturated carbocycles. The topological polar surface area (TPSA) is 102 Å². The Balaban J connectivity index is 2.15. The average Bonchev–Trinajstić information content (AvgIpc) is 3.13. The Labute approximate surface area is 159 Å². The van der Waals surface area contributed by atoms with Crippen LogP contribution in [0.2, 0.25) is 0 Å². The van der Waals surface area contributed by atoms with E-state index in [-0.39, 0.29) is 28.2 Å². The summed E-state index contributed by atoms with van der Waals surface area (Å²) in [4.78, 5) is 24.4. The van der Waals surface area contributed by atoms with Crippen LogP contribution in [0.25, 0.3) is 0 Å². The summed E-state index contributed by atoms with van der Waals surface area (Å²) in [6.45, 7) is 1.49. The van der Waals surface area contributed by atoms with Gasteiger partial charge in [-0.2, -0.15) is 0 Å². The van der Waals surface area contributed by atoms with Crippen molar-refractivity contribution in [3.05, 3.63) is 23.8 Å². The van der Waals surface area contributed by atoms with Crippen LogP contribution in [0.4, 0.5) is 0 Å². The largest absolute Gasteiger partial charge is 0.495 e. The number of carbonyl (C=O) groups is 2. The van der Waals surface area contributed by atoms with Crippen molar-refractivity contribution in [1.82, 2.24) is 9.62 Å². The molecule has 0 aromatic heterocycles.